The van der Waals surface area contributed by atoms with Crippen LogP contribution in [0, 0.1) is 10.1 Å². The summed E-state index contributed by atoms with van der Waals surface area (Å²) in [4.78, 5) is 10.1. The van der Waals surface area contributed by atoms with E-state index < -0.39 is 26.2 Å². The highest BCUT2D eigenvalue weighted by Crippen LogP contribution is 2.29. The zero-order valence-corrected chi connectivity index (χ0v) is 14.4. The summed E-state index contributed by atoms with van der Waals surface area (Å²) in [6.45, 7) is 1.90. The second-order valence-electron chi connectivity index (χ2n) is 5.80. The summed E-state index contributed by atoms with van der Waals surface area (Å²) < 4.78 is 22.6. The Bertz CT molecular complexity index is 867. The monoisotopic (exact) mass is 365 g/mol. The Hall–Kier alpha value is -2.49. The van der Waals surface area contributed by atoms with Gasteiger partial charge in [0.25, 0.3) is 5.69 Å². The van der Waals surface area contributed by atoms with Gasteiger partial charge in [-0.15, -0.1) is 0 Å². The third kappa shape index (κ3) is 4.75. The van der Waals surface area contributed by atoms with E-state index in [0.29, 0.717) is 6.42 Å². The number of rotatable bonds is 7. The van der Waals surface area contributed by atoms with Crippen LogP contribution in [0.15, 0.2) is 53.4 Å². The number of sulfonamides is 1. The number of nitro groups is 1. The van der Waals surface area contributed by atoms with Gasteiger partial charge in [0.2, 0.25) is 10.0 Å². The van der Waals surface area contributed by atoms with Gasteiger partial charge in [-0.3, -0.25) is 10.1 Å². The molecule has 0 saturated carbocycles. The maximum absolute atomic E-state index is 11.3. The van der Waals surface area contributed by atoms with E-state index >= 15 is 0 Å². The van der Waals surface area contributed by atoms with Crippen molar-refractivity contribution in [1.82, 2.24) is 0 Å². The maximum atomic E-state index is 11.3. The molecule has 0 spiro atoms. The van der Waals surface area contributed by atoms with E-state index in [1.54, 1.807) is 19.1 Å². The number of nitrogens with two attached hydrogens (primary N) is 1. The molecule has 0 aliphatic heterocycles. The number of hydrogen-bond acceptors (Lipinski definition) is 6. The van der Waals surface area contributed by atoms with E-state index in [2.05, 4.69) is 5.32 Å². The standard InChI is InChI=1S/C16H19N3O5S/c1-16(20,12-5-3-2-4-6-12)9-10-18-14-8-7-13(25(17,23)24)11-15(14)19(21)22/h2-8,11,18,20H,9-10H2,1H3,(H2,17,23,24). The molecule has 134 valence electrons. The minimum absolute atomic E-state index is 0.154. The van der Waals surface area contributed by atoms with Crippen molar-refractivity contribution in [3.05, 3.63) is 64.2 Å². The van der Waals surface area contributed by atoms with E-state index in [1.165, 1.54) is 12.1 Å². The molecule has 0 aliphatic carbocycles. The third-order valence-corrected chi connectivity index (χ3v) is 4.73. The molecule has 0 saturated heterocycles. The Morgan fingerprint density at radius 3 is 2.44 bits per heavy atom. The topological polar surface area (TPSA) is 136 Å². The van der Waals surface area contributed by atoms with Crippen LogP contribution in [0.3, 0.4) is 0 Å². The molecule has 1 atom stereocenters. The molecule has 2 rings (SSSR count). The van der Waals surface area contributed by atoms with Crippen molar-refractivity contribution in [2.24, 2.45) is 5.14 Å². The van der Waals surface area contributed by atoms with Gasteiger partial charge in [0.1, 0.15) is 5.69 Å². The zero-order chi connectivity index (χ0) is 18.7. The second-order valence-corrected chi connectivity index (χ2v) is 7.36. The number of hydrogen-bond donors (Lipinski definition) is 3. The smallest absolute Gasteiger partial charge is 0.293 e. The highest BCUT2D eigenvalue weighted by Gasteiger charge is 2.23. The van der Waals surface area contributed by atoms with Crippen molar-refractivity contribution in [3.63, 3.8) is 0 Å². The van der Waals surface area contributed by atoms with Gasteiger partial charge in [0.15, 0.2) is 0 Å². The third-order valence-electron chi connectivity index (χ3n) is 3.82. The molecule has 0 aliphatic rings. The van der Waals surface area contributed by atoms with Crippen LogP contribution in [-0.2, 0) is 15.6 Å². The van der Waals surface area contributed by atoms with Gasteiger partial charge in [-0.2, -0.15) is 0 Å². The molecule has 2 aromatic rings. The van der Waals surface area contributed by atoms with Crippen LogP contribution < -0.4 is 10.5 Å². The van der Waals surface area contributed by atoms with Crippen molar-refractivity contribution in [1.29, 1.82) is 0 Å². The van der Waals surface area contributed by atoms with Gasteiger partial charge in [0, 0.05) is 12.6 Å². The highest BCUT2D eigenvalue weighted by atomic mass is 32.2. The first-order valence-electron chi connectivity index (χ1n) is 7.44. The summed E-state index contributed by atoms with van der Waals surface area (Å²) in [6, 6.07) is 12.4. The summed E-state index contributed by atoms with van der Waals surface area (Å²) >= 11 is 0. The maximum Gasteiger partial charge on any atom is 0.293 e. The fraction of sp³-hybridized carbons (Fsp3) is 0.250. The quantitative estimate of drug-likeness (QED) is 0.507. The molecule has 0 bridgehead atoms. The van der Waals surface area contributed by atoms with Crippen LogP contribution >= 0.6 is 0 Å². The molecule has 0 radical (unpaired) electrons. The number of benzene rings is 2. The lowest BCUT2D eigenvalue weighted by Crippen LogP contribution is -2.24. The van der Waals surface area contributed by atoms with Crippen molar-refractivity contribution < 1.29 is 18.4 Å². The molecule has 4 N–H and O–H groups in total. The van der Waals surface area contributed by atoms with Crippen molar-refractivity contribution in [3.8, 4) is 0 Å². The van der Waals surface area contributed by atoms with Gasteiger partial charge < -0.3 is 10.4 Å². The van der Waals surface area contributed by atoms with Crippen molar-refractivity contribution in [2.45, 2.75) is 23.8 Å². The fourth-order valence-electron chi connectivity index (χ4n) is 2.37. The van der Waals surface area contributed by atoms with Gasteiger partial charge in [-0.05, 0) is 31.0 Å². The van der Waals surface area contributed by atoms with Crippen LogP contribution in [0.5, 0.6) is 0 Å². The fourth-order valence-corrected chi connectivity index (χ4v) is 2.90. The highest BCUT2D eigenvalue weighted by molar-refractivity contribution is 7.89. The molecule has 0 aromatic heterocycles. The molecule has 2 aromatic carbocycles. The summed E-state index contributed by atoms with van der Waals surface area (Å²) in [7, 11) is -4.03. The van der Waals surface area contributed by atoms with E-state index in [4.69, 9.17) is 5.14 Å². The zero-order valence-electron chi connectivity index (χ0n) is 13.5. The molecule has 8 nitrogen and oxygen atoms in total. The lowest BCUT2D eigenvalue weighted by atomic mass is 9.92. The molecular formula is C16H19N3O5S. The lowest BCUT2D eigenvalue weighted by Gasteiger charge is -2.24. The number of aliphatic hydroxyl groups is 1. The Labute approximate surface area is 145 Å². The molecule has 0 heterocycles. The number of anilines is 1. The Morgan fingerprint density at radius 2 is 1.88 bits per heavy atom. The number of nitrogens with zero attached hydrogens (tertiary/aromatic N) is 1. The predicted molar refractivity (Wildman–Crippen MR) is 93.6 cm³/mol. The Kier molecular flexibility index (Phi) is 5.41. The summed E-state index contributed by atoms with van der Waals surface area (Å²) in [5.41, 5.74) is -0.619. The Morgan fingerprint density at radius 1 is 1.24 bits per heavy atom. The van der Waals surface area contributed by atoms with Gasteiger partial charge in [-0.1, -0.05) is 30.3 Å². The first-order chi connectivity index (χ1) is 11.6. The summed E-state index contributed by atoms with van der Waals surface area (Å²) in [5.74, 6) is 0. The van der Waals surface area contributed by atoms with Crippen LogP contribution in [0.25, 0.3) is 0 Å². The first-order valence-corrected chi connectivity index (χ1v) is 8.99. The molecule has 25 heavy (non-hydrogen) atoms. The van der Waals surface area contributed by atoms with Crippen LogP contribution in [0.2, 0.25) is 0 Å². The van der Waals surface area contributed by atoms with Crippen LogP contribution in [0.4, 0.5) is 11.4 Å². The minimum atomic E-state index is -4.03. The summed E-state index contributed by atoms with van der Waals surface area (Å²) in [5, 5.41) is 29.5. The lowest BCUT2D eigenvalue weighted by molar-refractivity contribution is -0.384. The first kappa shape index (κ1) is 18.8. The largest absolute Gasteiger partial charge is 0.385 e. The molecule has 9 heteroatoms. The SMILES string of the molecule is CC(O)(CCNc1ccc(S(N)(=O)=O)cc1[N+](=O)[O-])c1ccccc1. The predicted octanol–water partition coefficient (Wildman–Crippen LogP) is 1.95. The average molecular weight is 365 g/mol. The van der Waals surface area contributed by atoms with E-state index in [-0.39, 0.29) is 17.1 Å². The second kappa shape index (κ2) is 7.18. The minimum Gasteiger partial charge on any atom is -0.385 e. The van der Waals surface area contributed by atoms with Gasteiger partial charge in [0.05, 0.1) is 15.4 Å². The van der Waals surface area contributed by atoms with E-state index in [9.17, 15) is 23.6 Å². The number of primary sulfonamides is 1. The van der Waals surface area contributed by atoms with Crippen molar-refractivity contribution in [2.75, 3.05) is 11.9 Å². The molecular weight excluding hydrogens is 346 g/mol. The van der Waals surface area contributed by atoms with Crippen LogP contribution in [-0.4, -0.2) is 25.0 Å². The van der Waals surface area contributed by atoms with E-state index in [0.717, 1.165) is 11.6 Å². The Balaban J connectivity index is 2.14. The molecule has 0 fully saturated rings. The van der Waals surface area contributed by atoms with Gasteiger partial charge in [-0.25, -0.2) is 13.6 Å². The van der Waals surface area contributed by atoms with E-state index in [1.807, 2.05) is 18.2 Å². The van der Waals surface area contributed by atoms with Crippen LogP contribution in [0.1, 0.15) is 18.9 Å². The normalized spacial score (nSPS) is 13.9. The average Bonchev–Trinajstić information content (AvgIpc) is 2.54. The van der Waals surface area contributed by atoms with Gasteiger partial charge >= 0.3 is 0 Å². The molecule has 0 amide bonds. The number of nitrogens with one attached hydrogen (secondary N) is 1. The van der Waals surface area contributed by atoms with Crippen molar-refractivity contribution >= 4 is 21.4 Å². The number of nitro benzene ring substituents is 1. The molecule has 1 unspecified atom stereocenters. The summed E-state index contributed by atoms with van der Waals surface area (Å²) in [6.07, 6.45) is 0.297.